The Bertz CT molecular complexity index is 810. The lowest BCUT2D eigenvalue weighted by Gasteiger charge is -2.22. The summed E-state index contributed by atoms with van der Waals surface area (Å²) in [6.07, 6.45) is 5.42. The van der Waals surface area contributed by atoms with Crippen molar-refractivity contribution in [3.05, 3.63) is 47.5 Å². The van der Waals surface area contributed by atoms with Crippen LogP contribution in [0.25, 0.3) is 10.9 Å². The number of H-pyrrole nitrogens is 1. The van der Waals surface area contributed by atoms with Gasteiger partial charge >= 0.3 is 0 Å². The Morgan fingerprint density at radius 2 is 2.19 bits per heavy atom. The molecule has 0 radical (unpaired) electrons. The van der Waals surface area contributed by atoms with Crippen LogP contribution in [-0.2, 0) is 11.3 Å². The summed E-state index contributed by atoms with van der Waals surface area (Å²) in [6, 6.07) is 7.40. The summed E-state index contributed by atoms with van der Waals surface area (Å²) < 4.78 is 0. The number of carbonyl (C=O) groups excluding carboxylic acids is 1. The predicted octanol–water partition coefficient (Wildman–Crippen LogP) is 2.36. The largest absolute Gasteiger partial charge is 0.481 e. The highest BCUT2D eigenvalue weighted by Crippen LogP contribution is 2.26. The summed E-state index contributed by atoms with van der Waals surface area (Å²) in [7, 11) is 0. The molecule has 7 N–H and O–H groups in total. The molecule has 146 valence electrons. The Balaban J connectivity index is 1.67. The molecule has 2 atom stereocenters. The molecule has 1 aromatic carbocycles. The normalized spacial score (nSPS) is 18.0. The molecule has 1 aliphatic rings. The number of aromatic nitrogens is 1. The fourth-order valence-corrected chi connectivity index (χ4v) is 3.72. The number of para-hydroxylation sites is 1. The van der Waals surface area contributed by atoms with Crippen molar-refractivity contribution in [2.75, 3.05) is 6.54 Å². The van der Waals surface area contributed by atoms with Crippen LogP contribution in [-0.4, -0.2) is 39.7 Å². The van der Waals surface area contributed by atoms with Crippen molar-refractivity contribution in [2.45, 2.75) is 50.7 Å². The van der Waals surface area contributed by atoms with Gasteiger partial charge in [-0.1, -0.05) is 18.2 Å². The molecular weight excluding hydrogens is 344 g/mol. The summed E-state index contributed by atoms with van der Waals surface area (Å²) in [4.78, 5) is 16.0. The van der Waals surface area contributed by atoms with Crippen LogP contribution in [0.3, 0.4) is 0 Å². The molecule has 0 aliphatic heterocycles. The number of aliphatic hydroxyl groups is 2. The number of carbonyl (C=O) groups is 1. The Hall–Kier alpha value is -2.51. The van der Waals surface area contributed by atoms with Gasteiger partial charge in [-0.3, -0.25) is 4.79 Å². The van der Waals surface area contributed by atoms with Gasteiger partial charge < -0.3 is 31.6 Å². The van der Waals surface area contributed by atoms with Gasteiger partial charge in [0, 0.05) is 23.8 Å². The van der Waals surface area contributed by atoms with Gasteiger partial charge in [-0.05, 0) is 55.7 Å². The molecule has 0 saturated heterocycles. The van der Waals surface area contributed by atoms with Crippen molar-refractivity contribution in [1.82, 2.24) is 15.6 Å². The van der Waals surface area contributed by atoms with E-state index in [9.17, 15) is 15.0 Å². The van der Waals surface area contributed by atoms with Crippen molar-refractivity contribution < 1.29 is 15.0 Å². The maximum absolute atomic E-state index is 12.8. The van der Waals surface area contributed by atoms with E-state index in [0.717, 1.165) is 35.7 Å². The van der Waals surface area contributed by atoms with Gasteiger partial charge in [0.25, 0.3) is 5.95 Å². The second-order valence-corrected chi connectivity index (χ2v) is 7.03. The van der Waals surface area contributed by atoms with Crippen LogP contribution in [0.1, 0.15) is 37.7 Å². The lowest BCUT2D eigenvalue weighted by Crippen LogP contribution is -2.47. The predicted molar refractivity (Wildman–Crippen MR) is 105 cm³/mol. The highest BCUT2D eigenvalue weighted by molar-refractivity contribution is 5.83. The lowest BCUT2D eigenvalue weighted by atomic mass is 10.1. The second-order valence-electron chi connectivity index (χ2n) is 7.03. The van der Waals surface area contributed by atoms with Gasteiger partial charge in [0.05, 0.1) is 12.1 Å². The van der Waals surface area contributed by atoms with E-state index in [1.165, 1.54) is 0 Å². The molecule has 27 heavy (non-hydrogen) atoms. The summed E-state index contributed by atoms with van der Waals surface area (Å²) in [5, 5.41) is 26.2. The third-order valence-corrected chi connectivity index (χ3v) is 5.19. The highest BCUT2D eigenvalue weighted by Gasteiger charge is 2.28. The van der Waals surface area contributed by atoms with Crippen LogP contribution in [0.5, 0.6) is 0 Å². The molecule has 0 spiro atoms. The lowest BCUT2D eigenvalue weighted by molar-refractivity contribution is -0.123. The first-order valence-corrected chi connectivity index (χ1v) is 9.50. The number of nitrogens with two attached hydrogens (primary N) is 1. The van der Waals surface area contributed by atoms with E-state index in [4.69, 9.17) is 5.73 Å². The number of fused-ring (bicyclic) bond motifs is 1. The second kappa shape index (κ2) is 8.92. The molecule has 2 aromatic rings. The number of amides is 1. The minimum absolute atomic E-state index is 0.132. The quantitative estimate of drug-likeness (QED) is 0.397. The first-order valence-electron chi connectivity index (χ1n) is 9.50. The number of hydrogen-bond donors (Lipinski definition) is 6. The van der Waals surface area contributed by atoms with Crippen LogP contribution in [0, 0.1) is 0 Å². The van der Waals surface area contributed by atoms with Crippen LogP contribution in [0.4, 0.5) is 0 Å². The molecule has 1 unspecified atom stereocenters. The maximum Gasteiger partial charge on any atom is 0.275 e. The molecule has 0 bridgehead atoms. The van der Waals surface area contributed by atoms with E-state index in [2.05, 4.69) is 15.6 Å². The Labute approximate surface area is 158 Å². The molecule has 1 heterocycles. The highest BCUT2D eigenvalue weighted by atomic mass is 16.5. The summed E-state index contributed by atoms with van der Waals surface area (Å²) in [6.45, 7) is 1.07. The average Bonchev–Trinajstić information content (AvgIpc) is 3.31. The van der Waals surface area contributed by atoms with Crippen molar-refractivity contribution >= 4 is 16.8 Å². The Morgan fingerprint density at radius 3 is 2.96 bits per heavy atom. The number of aromatic amines is 1. The van der Waals surface area contributed by atoms with Crippen molar-refractivity contribution in [3.63, 3.8) is 0 Å². The van der Waals surface area contributed by atoms with Gasteiger partial charge in [-0.2, -0.15) is 0 Å². The minimum atomic E-state index is -0.664. The Morgan fingerprint density at radius 1 is 1.33 bits per heavy atom. The number of rotatable bonds is 8. The van der Waals surface area contributed by atoms with Crippen molar-refractivity contribution in [3.8, 4) is 0 Å². The zero-order valence-electron chi connectivity index (χ0n) is 15.4. The molecule has 3 rings (SSSR count). The summed E-state index contributed by atoms with van der Waals surface area (Å²) in [5.41, 5.74) is 8.30. The fraction of sp³-hybridized carbons (Fsp3) is 0.450. The monoisotopic (exact) mass is 372 g/mol. The first kappa shape index (κ1) is 19.3. The van der Waals surface area contributed by atoms with E-state index in [-0.39, 0.29) is 18.0 Å². The molecule has 1 aliphatic carbocycles. The van der Waals surface area contributed by atoms with Crippen molar-refractivity contribution in [2.24, 2.45) is 5.73 Å². The van der Waals surface area contributed by atoms with E-state index < -0.39 is 5.95 Å². The number of aliphatic hydroxyl groups excluding tert-OH is 1. The number of benzene rings is 1. The molecule has 7 heteroatoms. The van der Waals surface area contributed by atoms with Gasteiger partial charge in [0.2, 0.25) is 5.91 Å². The minimum Gasteiger partial charge on any atom is -0.481 e. The molecular formula is C20H28N4O3. The van der Waals surface area contributed by atoms with Crippen LogP contribution >= 0.6 is 0 Å². The van der Waals surface area contributed by atoms with Gasteiger partial charge in [0.15, 0.2) is 0 Å². The topological polar surface area (TPSA) is 123 Å². The van der Waals surface area contributed by atoms with Crippen LogP contribution in [0.2, 0.25) is 0 Å². The van der Waals surface area contributed by atoms with E-state index in [1.807, 2.05) is 30.5 Å². The van der Waals surface area contributed by atoms with Crippen LogP contribution in [0.15, 0.2) is 42.0 Å². The van der Waals surface area contributed by atoms with Crippen LogP contribution < -0.4 is 16.4 Å². The number of hydrogen-bond acceptors (Lipinski definition) is 5. The average molecular weight is 372 g/mol. The third-order valence-electron chi connectivity index (χ3n) is 5.19. The smallest absolute Gasteiger partial charge is 0.275 e. The molecule has 1 saturated carbocycles. The standard InChI is InChI=1S/C20H28N4O3/c21-10-3-8-17(19(25)24-16-7-2-6-15(16)20(26)27)23-12-14-5-1-4-13-9-11-22-18(13)14/h1,4-5,9,11,16-17,22-23,26-27H,2-3,6-8,10,12,21H2,(H,24,25)/t16-,17?/m0/s1. The first-order chi connectivity index (χ1) is 13.1. The van der Waals surface area contributed by atoms with Gasteiger partial charge in [0.1, 0.15) is 0 Å². The zero-order valence-corrected chi connectivity index (χ0v) is 15.4. The molecule has 7 nitrogen and oxygen atoms in total. The van der Waals surface area contributed by atoms with E-state index >= 15 is 0 Å². The number of nitrogens with one attached hydrogen (secondary N) is 3. The maximum atomic E-state index is 12.8. The fourth-order valence-electron chi connectivity index (χ4n) is 3.72. The van der Waals surface area contributed by atoms with Gasteiger partial charge in [-0.25, -0.2) is 0 Å². The summed E-state index contributed by atoms with van der Waals surface area (Å²) >= 11 is 0. The third kappa shape index (κ3) is 4.61. The Kier molecular flexibility index (Phi) is 6.36. The van der Waals surface area contributed by atoms with E-state index in [1.54, 1.807) is 0 Å². The van der Waals surface area contributed by atoms with Gasteiger partial charge in [-0.15, -0.1) is 0 Å². The molecule has 1 amide bonds. The molecule has 1 aromatic heterocycles. The van der Waals surface area contributed by atoms with Crippen molar-refractivity contribution in [1.29, 1.82) is 0 Å². The zero-order chi connectivity index (χ0) is 19.2. The van der Waals surface area contributed by atoms with E-state index in [0.29, 0.717) is 31.5 Å². The summed E-state index contributed by atoms with van der Waals surface area (Å²) in [5.74, 6) is -0.796. The SMILES string of the molecule is NCCCC(NCc1cccc2cc[nH]c12)C(=O)N[C@H]1CCCC1=C(O)O. The molecule has 1 fully saturated rings.